The molecule has 3 aromatic carbocycles. The third kappa shape index (κ3) is 6.34. The third-order valence-corrected chi connectivity index (χ3v) is 4.82. The first-order valence-corrected chi connectivity index (χ1v) is 10.1. The standard InChI is InChI=1S/C26H23FN2O4/c1-31-22-10-7-18(8-11-22)16-29-26(30)21(15-28)13-19-9-12-24(25(14-19)32-2)33-17-20-5-3-4-6-23(20)27/h3-14H,16-17H2,1-2H3,(H,29,30). The van der Waals surface area contributed by atoms with Crippen LogP contribution in [0.15, 0.2) is 72.3 Å². The quantitative estimate of drug-likeness (QED) is 0.382. The van der Waals surface area contributed by atoms with Crippen molar-refractivity contribution >= 4 is 12.0 Å². The minimum atomic E-state index is -0.493. The average molecular weight is 446 g/mol. The summed E-state index contributed by atoms with van der Waals surface area (Å²) in [5.41, 5.74) is 1.83. The summed E-state index contributed by atoms with van der Waals surface area (Å²) in [5.74, 6) is 0.692. The fourth-order valence-electron chi connectivity index (χ4n) is 3.00. The van der Waals surface area contributed by atoms with Gasteiger partial charge in [0.15, 0.2) is 11.5 Å². The molecular weight excluding hydrogens is 423 g/mol. The molecule has 0 saturated carbocycles. The maximum absolute atomic E-state index is 13.8. The van der Waals surface area contributed by atoms with Gasteiger partial charge in [-0.3, -0.25) is 4.79 Å². The second-order valence-corrected chi connectivity index (χ2v) is 6.99. The number of hydrogen-bond donors (Lipinski definition) is 1. The monoisotopic (exact) mass is 446 g/mol. The van der Waals surface area contributed by atoms with Crippen molar-refractivity contribution in [3.63, 3.8) is 0 Å². The van der Waals surface area contributed by atoms with Gasteiger partial charge in [0.25, 0.3) is 5.91 Å². The zero-order valence-corrected chi connectivity index (χ0v) is 18.3. The van der Waals surface area contributed by atoms with Crippen LogP contribution in [0.1, 0.15) is 16.7 Å². The first-order valence-electron chi connectivity index (χ1n) is 10.1. The Bertz CT molecular complexity index is 1180. The predicted octanol–water partition coefficient (Wildman–Crippen LogP) is 4.65. The lowest BCUT2D eigenvalue weighted by Crippen LogP contribution is -2.23. The minimum Gasteiger partial charge on any atom is -0.497 e. The van der Waals surface area contributed by atoms with E-state index in [1.165, 1.54) is 19.3 Å². The number of rotatable bonds is 9. The molecule has 7 heteroatoms. The first-order chi connectivity index (χ1) is 16.0. The number of hydrogen-bond acceptors (Lipinski definition) is 5. The van der Waals surface area contributed by atoms with E-state index in [0.717, 1.165) is 11.3 Å². The highest BCUT2D eigenvalue weighted by molar-refractivity contribution is 6.01. The normalized spacial score (nSPS) is 10.8. The number of nitriles is 1. The number of carbonyl (C=O) groups is 1. The molecule has 0 aromatic heterocycles. The Kier molecular flexibility index (Phi) is 8.03. The molecule has 0 atom stereocenters. The molecule has 0 saturated heterocycles. The van der Waals surface area contributed by atoms with E-state index in [4.69, 9.17) is 14.2 Å². The van der Waals surface area contributed by atoms with Gasteiger partial charge in [0.1, 0.15) is 29.8 Å². The van der Waals surface area contributed by atoms with Crippen molar-refractivity contribution < 1.29 is 23.4 Å². The summed E-state index contributed by atoms with van der Waals surface area (Å²) in [6.07, 6.45) is 1.46. The van der Waals surface area contributed by atoms with E-state index in [1.807, 2.05) is 18.2 Å². The number of nitrogens with one attached hydrogen (secondary N) is 1. The van der Waals surface area contributed by atoms with Crippen molar-refractivity contribution in [2.24, 2.45) is 0 Å². The maximum Gasteiger partial charge on any atom is 0.262 e. The van der Waals surface area contributed by atoms with Crippen LogP contribution in [0.4, 0.5) is 4.39 Å². The Hall–Kier alpha value is -4.31. The molecular formula is C26H23FN2O4. The summed E-state index contributed by atoms with van der Waals surface area (Å²) in [6.45, 7) is 0.309. The molecule has 0 fully saturated rings. The van der Waals surface area contributed by atoms with Crippen molar-refractivity contribution in [3.8, 4) is 23.3 Å². The minimum absolute atomic E-state index is 0.0371. The summed E-state index contributed by atoms with van der Waals surface area (Å²) < 4.78 is 30.0. The maximum atomic E-state index is 13.8. The molecule has 0 unspecified atom stereocenters. The lowest BCUT2D eigenvalue weighted by atomic mass is 10.1. The van der Waals surface area contributed by atoms with E-state index in [2.05, 4.69) is 5.32 Å². The Balaban J connectivity index is 1.68. The Labute approximate surface area is 191 Å². The number of carbonyl (C=O) groups excluding carboxylic acids is 1. The molecule has 1 N–H and O–H groups in total. The number of amides is 1. The summed E-state index contributed by atoms with van der Waals surface area (Å²) in [4.78, 5) is 12.5. The van der Waals surface area contributed by atoms with Crippen LogP contribution >= 0.6 is 0 Å². The summed E-state index contributed by atoms with van der Waals surface area (Å²) in [5, 5.41) is 12.2. The van der Waals surface area contributed by atoms with Gasteiger partial charge in [-0.2, -0.15) is 5.26 Å². The van der Waals surface area contributed by atoms with Crippen molar-refractivity contribution in [1.82, 2.24) is 5.32 Å². The van der Waals surface area contributed by atoms with Crippen molar-refractivity contribution in [1.29, 1.82) is 5.26 Å². The van der Waals surface area contributed by atoms with Gasteiger partial charge in [0, 0.05) is 12.1 Å². The van der Waals surface area contributed by atoms with Crippen LogP contribution in [-0.2, 0) is 17.9 Å². The average Bonchev–Trinajstić information content (AvgIpc) is 2.85. The van der Waals surface area contributed by atoms with Gasteiger partial charge in [0.2, 0.25) is 0 Å². The number of halogens is 1. The second kappa shape index (κ2) is 11.3. The Morgan fingerprint density at radius 1 is 1.03 bits per heavy atom. The molecule has 0 heterocycles. The third-order valence-electron chi connectivity index (χ3n) is 4.82. The van der Waals surface area contributed by atoms with Gasteiger partial charge in [-0.1, -0.05) is 36.4 Å². The molecule has 0 aliphatic carbocycles. The SMILES string of the molecule is COc1ccc(CNC(=O)C(C#N)=Cc2ccc(OCc3ccccc3F)c(OC)c2)cc1. The van der Waals surface area contributed by atoms with Crippen LogP contribution in [0, 0.1) is 17.1 Å². The molecule has 0 radical (unpaired) electrons. The van der Waals surface area contributed by atoms with Gasteiger partial charge in [-0.05, 0) is 47.5 Å². The summed E-state index contributed by atoms with van der Waals surface area (Å²) >= 11 is 0. The highest BCUT2D eigenvalue weighted by atomic mass is 19.1. The van der Waals surface area contributed by atoms with E-state index >= 15 is 0 Å². The van der Waals surface area contributed by atoms with Crippen LogP contribution in [0.2, 0.25) is 0 Å². The highest BCUT2D eigenvalue weighted by Gasteiger charge is 2.11. The molecule has 3 aromatic rings. The Morgan fingerprint density at radius 2 is 1.79 bits per heavy atom. The van der Waals surface area contributed by atoms with E-state index in [1.54, 1.807) is 55.6 Å². The van der Waals surface area contributed by atoms with Gasteiger partial charge >= 0.3 is 0 Å². The van der Waals surface area contributed by atoms with Crippen molar-refractivity contribution in [2.45, 2.75) is 13.2 Å². The van der Waals surface area contributed by atoms with Crippen LogP contribution in [0.3, 0.4) is 0 Å². The van der Waals surface area contributed by atoms with E-state index in [-0.39, 0.29) is 24.5 Å². The molecule has 3 rings (SSSR count). The van der Waals surface area contributed by atoms with E-state index in [9.17, 15) is 14.4 Å². The van der Waals surface area contributed by atoms with E-state index in [0.29, 0.717) is 22.6 Å². The molecule has 33 heavy (non-hydrogen) atoms. The lowest BCUT2D eigenvalue weighted by Gasteiger charge is -2.12. The van der Waals surface area contributed by atoms with Crippen molar-refractivity contribution in [3.05, 3.63) is 94.8 Å². The van der Waals surface area contributed by atoms with Crippen LogP contribution in [0.25, 0.3) is 6.08 Å². The topological polar surface area (TPSA) is 80.6 Å². The summed E-state index contributed by atoms with van der Waals surface area (Å²) in [7, 11) is 3.06. The zero-order chi connectivity index (χ0) is 23.6. The Morgan fingerprint density at radius 3 is 2.45 bits per heavy atom. The smallest absolute Gasteiger partial charge is 0.262 e. The van der Waals surface area contributed by atoms with Crippen LogP contribution in [-0.4, -0.2) is 20.1 Å². The second-order valence-electron chi connectivity index (χ2n) is 6.99. The number of methoxy groups -OCH3 is 2. The molecule has 6 nitrogen and oxygen atoms in total. The van der Waals surface area contributed by atoms with Crippen LogP contribution < -0.4 is 19.5 Å². The molecule has 0 bridgehead atoms. The largest absolute Gasteiger partial charge is 0.497 e. The lowest BCUT2D eigenvalue weighted by molar-refractivity contribution is -0.117. The predicted molar refractivity (Wildman–Crippen MR) is 122 cm³/mol. The number of nitrogens with zero attached hydrogens (tertiary/aromatic N) is 1. The molecule has 0 aliphatic rings. The van der Waals surface area contributed by atoms with Crippen molar-refractivity contribution in [2.75, 3.05) is 14.2 Å². The number of ether oxygens (including phenoxy) is 3. The molecule has 168 valence electrons. The zero-order valence-electron chi connectivity index (χ0n) is 18.3. The fraction of sp³-hybridized carbons (Fsp3) is 0.154. The molecule has 0 spiro atoms. The van der Waals surface area contributed by atoms with Gasteiger partial charge in [-0.15, -0.1) is 0 Å². The van der Waals surface area contributed by atoms with Crippen LogP contribution in [0.5, 0.6) is 17.2 Å². The summed E-state index contributed by atoms with van der Waals surface area (Å²) in [6, 6.07) is 20.5. The fourth-order valence-corrected chi connectivity index (χ4v) is 3.00. The molecule has 1 amide bonds. The van der Waals surface area contributed by atoms with Gasteiger partial charge < -0.3 is 19.5 Å². The van der Waals surface area contributed by atoms with E-state index < -0.39 is 5.91 Å². The highest BCUT2D eigenvalue weighted by Crippen LogP contribution is 2.30. The number of benzene rings is 3. The van der Waals surface area contributed by atoms with Gasteiger partial charge in [-0.25, -0.2) is 4.39 Å². The first kappa shape index (κ1) is 23.4. The molecule has 0 aliphatic heterocycles. The van der Waals surface area contributed by atoms with Gasteiger partial charge in [0.05, 0.1) is 14.2 Å².